The van der Waals surface area contributed by atoms with Gasteiger partial charge >= 0.3 is 0 Å². The molecule has 4 nitrogen and oxygen atoms in total. The predicted octanol–water partition coefficient (Wildman–Crippen LogP) is 2.45. The van der Waals surface area contributed by atoms with E-state index in [0.717, 1.165) is 18.5 Å². The summed E-state index contributed by atoms with van der Waals surface area (Å²) in [5, 5.41) is 3.43. The fourth-order valence-corrected chi connectivity index (χ4v) is 2.56. The Morgan fingerprint density at radius 3 is 2.83 bits per heavy atom. The highest BCUT2D eigenvalue weighted by atomic mass is 16.5. The highest BCUT2D eigenvalue weighted by Crippen LogP contribution is 2.26. The van der Waals surface area contributed by atoms with Crippen molar-refractivity contribution < 1.29 is 9.53 Å². The number of anilines is 2. The first-order valence-electron chi connectivity index (χ1n) is 6.31. The summed E-state index contributed by atoms with van der Waals surface area (Å²) in [6.07, 6.45) is 3.64. The second-order valence-corrected chi connectivity index (χ2v) is 4.81. The van der Waals surface area contributed by atoms with Crippen LogP contribution in [0.1, 0.15) is 36.5 Å². The molecule has 1 aliphatic rings. The Labute approximate surface area is 108 Å². The number of ether oxygens (including phenoxy) is 1. The Bertz CT molecular complexity index is 445. The molecule has 0 aromatic heterocycles. The number of ketones is 1. The average Bonchev–Trinajstić information content (AvgIpc) is 2.76. The van der Waals surface area contributed by atoms with Crippen molar-refractivity contribution in [3.8, 4) is 0 Å². The van der Waals surface area contributed by atoms with E-state index in [-0.39, 0.29) is 11.9 Å². The molecule has 0 bridgehead atoms. The molecule has 2 rings (SSSR count). The summed E-state index contributed by atoms with van der Waals surface area (Å²) in [6.45, 7) is 1.52. The molecule has 1 saturated carbocycles. The van der Waals surface area contributed by atoms with Gasteiger partial charge in [0.25, 0.3) is 0 Å². The van der Waals surface area contributed by atoms with Gasteiger partial charge in [-0.1, -0.05) is 0 Å². The summed E-state index contributed by atoms with van der Waals surface area (Å²) in [5.41, 5.74) is 7.93. The molecule has 1 aromatic rings. The van der Waals surface area contributed by atoms with Gasteiger partial charge in [0.2, 0.25) is 0 Å². The van der Waals surface area contributed by atoms with Crippen molar-refractivity contribution in [2.24, 2.45) is 0 Å². The highest BCUT2D eigenvalue weighted by molar-refractivity contribution is 5.99. The zero-order chi connectivity index (χ0) is 13.1. The Morgan fingerprint density at radius 2 is 2.22 bits per heavy atom. The molecule has 0 heterocycles. The monoisotopic (exact) mass is 248 g/mol. The van der Waals surface area contributed by atoms with Crippen molar-refractivity contribution in [1.82, 2.24) is 0 Å². The molecular formula is C14H20N2O2. The number of nitrogen functional groups attached to an aromatic ring is 1. The van der Waals surface area contributed by atoms with Gasteiger partial charge in [-0.2, -0.15) is 0 Å². The third kappa shape index (κ3) is 2.64. The van der Waals surface area contributed by atoms with Crippen LogP contribution in [-0.2, 0) is 4.74 Å². The Hall–Kier alpha value is -1.55. The van der Waals surface area contributed by atoms with Crippen LogP contribution in [0.15, 0.2) is 18.2 Å². The molecule has 0 spiro atoms. The minimum Gasteiger partial charge on any atom is -0.398 e. The van der Waals surface area contributed by atoms with E-state index >= 15 is 0 Å². The van der Waals surface area contributed by atoms with Crippen LogP contribution in [0, 0.1) is 0 Å². The molecule has 0 aliphatic heterocycles. The lowest BCUT2D eigenvalue weighted by Crippen LogP contribution is -2.29. The van der Waals surface area contributed by atoms with Crippen LogP contribution in [0.25, 0.3) is 0 Å². The topological polar surface area (TPSA) is 64.3 Å². The number of benzene rings is 1. The van der Waals surface area contributed by atoms with Gasteiger partial charge in [-0.05, 0) is 44.4 Å². The van der Waals surface area contributed by atoms with E-state index in [9.17, 15) is 4.79 Å². The molecular weight excluding hydrogens is 228 g/mol. The number of rotatable bonds is 4. The standard InChI is InChI=1S/C14H20N2O2/c1-9(17)11-7-6-10(8-12(11)15)16-13-4-3-5-14(13)18-2/h6-8,13-14,16H,3-5,15H2,1-2H3. The van der Waals surface area contributed by atoms with Crippen LogP contribution in [0.5, 0.6) is 0 Å². The van der Waals surface area contributed by atoms with Gasteiger partial charge < -0.3 is 15.8 Å². The van der Waals surface area contributed by atoms with E-state index in [4.69, 9.17) is 10.5 Å². The maximum absolute atomic E-state index is 11.3. The summed E-state index contributed by atoms with van der Waals surface area (Å²) in [6, 6.07) is 5.83. The zero-order valence-electron chi connectivity index (χ0n) is 10.9. The number of carbonyl (C=O) groups excluding carboxylic acids is 1. The second-order valence-electron chi connectivity index (χ2n) is 4.81. The van der Waals surface area contributed by atoms with Crippen LogP contribution in [0.2, 0.25) is 0 Å². The lowest BCUT2D eigenvalue weighted by atomic mass is 10.1. The summed E-state index contributed by atoms with van der Waals surface area (Å²) in [4.78, 5) is 11.3. The van der Waals surface area contributed by atoms with Gasteiger partial charge in [-0.3, -0.25) is 4.79 Å². The van der Waals surface area contributed by atoms with E-state index in [1.165, 1.54) is 13.3 Å². The smallest absolute Gasteiger partial charge is 0.161 e. The molecule has 0 saturated heterocycles. The van der Waals surface area contributed by atoms with Gasteiger partial charge in [-0.15, -0.1) is 0 Å². The third-order valence-corrected chi connectivity index (χ3v) is 3.54. The molecule has 2 atom stereocenters. The Morgan fingerprint density at radius 1 is 1.44 bits per heavy atom. The molecule has 2 unspecified atom stereocenters. The van der Waals surface area contributed by atoms with Gasteiger partial charge in [0.1, 0.15) is 0 Å². The number of carbonyl (C=O) groups is 1. The molecule has 1 fully saturated rings. The first kappa shape index (κ1) is 12.9. The number of Topliss-reactive ketones (excluding diaryl/α,β-unsaturated/α-hetero) is 1. The second kappa shape index (κ2) is 5.40. The van der Waals surface area contributed by atoms with Crippen LogP contribution in [0.3, 0.4) is 0 Å². The first-order chi connectivity index (χ1) is 8.61. The van der Waals surface area contributed by atoms with Crippen molar-refractivity contribution >= 4 is 17.2 Å². The normalized spacial score (nSPS) is 23.0. The summed E-state index contributed by atoms with van der Waals surface area (Å²) in [7, 11) is 1.75. The fourth-order valence-electron chi connectivity index (χ4n) is 2.56. The van der Waals surface area contributed by atoms with Gasteiger partial charge in [0, 0.05) is 24.0 Å². The van der Waals surface area contributed by atoms with E-state index in [1.54, 1.807) is 13.2 Å². The molecule has 0 amide bonds. The lowest BCUT2D eigenvalue weighted by Gasteiger charge is -2.21. The number of hydrogen-bond acceptors (Lipinski definition) is 4. The number of nitrogens with one attached hydrogen (secondary N) is 1. The maximum atomic E-state index is 11.3. The molecule has 1 aromatic carbocycles. The van der Waals surface area contributed by atoms with Gasteiger partial charge in [-0.25, -0.2) is 0 Å². The van der Waals surface area contributed by atoms with E-state index in [0.29, 0.717) is 17.3 Å². The van der Waals surface area contributed by atoms with Crippen LogP contribution in [0.4, 0.5) is 11.4 Å². The van der Waals surface area contributed by atoms with Crippen molar-refractivity contribution in [3.05, 3.63) is 23.8 Å². The van der Waals surface area contributed by atoms with E-state index in [1.807, 2.05) is 12.1 Å². The SMILES string of the molecule is COC1CCCC1Nc1ccc(C(C)=O)c(N)c1. The lowest BCUT2D eigenvalue weighted by molar-refractivity contribution is 0.101. The maximum Gasteiger partial charge on any atom is 0.161 e. The third-order valence-electron chi connectivity index (χ3n) is 3.54. The molecule has 98 valence electrons. The quantitative estimate of drug-likeness (QED) is 0.634. The van der Waals surface area contributed by atoms with Crippen molar-refractivity contribution in [1.29, 1.82) is 0 Å². The molecule has 4 heteroatoms. The molecule has 0 radical (unpaired) electrons. The minimum absolute atomic E-state index is 0.00492. The van der Waals surface area contributed by atoms with Gasteiger partial charge in [0.05, 0.1) is 12.1 Å². The van der Waals surface area contributed by atoms with Crippen molar-refractivity contribution in [2.75, 3.05) is 18.2 Å². The summed E-state index contributed by atoms with van der Waals surface area (Å²) in [5.74, 6) is -0.00492. The van der Waals surface area contributed by atoms with Crippen molar-refractivity contribution in [3.63, 3.8) is 0 Å². The molecule has 18 heavy (non-hydrogen) atoms. The first-order valence-corrected chi connectivity index (χ1v) is 6.31. The zero-order valence-corrected chi connectivity index (χ0v) is 10.9. The van der Waals surface area contributed by atoms with Crippen LogP contribution in [-0.4, -0.2) is 25.0 Å². The van der Waals surface area contributed by atoms with E-state index < -0.39 is 0 Å². The Kier molecular flexibility index (Phi) is 3.87. The molecule has 3 N–H and O–H groups in total. The summed E-state index contributed by atoms with van der Waals surface area (Å²) < 4.78 is 5.44. The number of methoxy groups -OCH3 is 1. The van der Waals surface area contributed by atoms with Crippen LogP contribution < -0.4 is 11.1 Å². The predicted molar refractivity (Wildman–Crippen MR) is 72.9 cm³/mol. The van der Waals surface area contributed by atoms with Gasteiger partial charge in [0.15, 0.2) is 5.78 Å². The largest absolute Gasteiger partial charge is 0.398 e. The highest BCUT2D eigenvalue weighted by Gasteiger charge is 2.26. The molecule has 1 aliphatic carbocycles. The van der Waals surface area contributed by atoms with Crippen molar-refractivity contribution in [2.45, 2.75) is 38.3 Å². The van der Waals surface area contributed by atoms with E-state index in [2.05, 4.69) is 5.32 Å². The minimum atomic E-state index is -0.00492. The number of nitrogens with two attached hydrogens (primary N) is 1. The number of hydrogen-bond donors (Lipinski definition) is 2. The average molecular weight is 248 g/mol. The Balaban J connectivity index is 2.10. The fraction of sp³-hybridized carbons (Fsp3) is 0.500. The van der Waals surface area contributed by atoms with Crippen LogP contribution >= 0.6 is 0 Å². The summed E-state index contributed by atoms with van der Waals surface area (Å²) >= 11 is 0.